The zero-order chi connectivity index (χ0) is 15.2. The fourth-order valence-electron chi connectivity index (χ4n) is 1.96. The molecule has 0 aliphatic carbocycles. The van der Waals surface area contributed by atoms with Crippen LogP contribution in [0.3, 0.4) is 0 Å². The third kappa shape index (κ3) is 5.63. The summed E-state index contributed by atoms with van der Waals surface area (Å²) in [4.78, 5) is 6.88. The van der Waals surface area contributed by atoms with Crippen molar-refractivity contribution in [3.8, 4) is 0 Å². The van der Waals surface area contributed by atoms with Gasteiger partial charge in [-0.15, -0.1) is 6.58 Å². The van der Waals surface area contributed by atoms with Crippen molar-refractivity contribution in [2.45, 2.75) is 46.2 Å². The van der Waals surface area contributed by atoms with E-state index in [0.717, 1.165) is 36.3 Å². The third-order valence-electron chi connectivity index (χ3n) is 2.86. The summed E-state index contributed by atoms with van der Waals surface area (Å²) in [6.45, 7) is 15.2. The van der Waals surface area contributed by atoms with Crippen LogP contribution in [0.15, 0.2) is 29.4 Å². The molecular weight excluding hydrogens is 314 g/mol. The van der Waals surface area contributed by atoms with Crippen LogP contribution in [0.1, 0.15) is 39.7 Å². The van der Waals surface area contributed by atoms with Crippen molar-refractivity contribution in [2.75, 3.05) is 18.0 Å². The first-order chi connectivity index (χ1) is 9.37. The lowest BCUT2D eigenvalue weighted by Crippen LogP contribution is -2.36. The molecule has 1 aromatic heterocycles. The van der Waals surface area contributed by atoms with E-state index in [2.05, 4.69) is 71.5 Å². The van der Waals surface area contributed by atoms with Crippen LogP contribution in [-0.2, 0) is 6.54 Å². The Morgan fingerprint density at radius 3 is 2.70 bits per heavy atom. The first-order valence-electron chi connectivity index (χ1n) is 7.12. The molecule has 0 radical (unpaired) electrons. The molecule has 20 heavy (non-hydrogen) atoms. The van der Waals surface area contributed by atoms with E-state index in [4.69, 9.17) is 0 Å². The highest BCUT2D eigenvalue weighted by molar-refractivity contribution is 9.10. The second kappa shape index (κ2) is 7.79. The molecule has 0 aromatic carbocycles. The summed E-state index contributed by atoms with van der Waals surface area (Å²) in [6.07, 6.45) is 4.89. The van der Waals surface area contributed by atoms with Crippen molar-refractivity contribution in [2.24, 2.45) is 0 Å². The normalized spacial score (nSPS) is 11.4. The number of halogens is 1. The molecule has 0 bridgehead atoms. The minimum atomic E-state index is 0.0909. The number of anilines is 1. The van der Waals surface area contributed by atoms with Gasteiger partial charge in [0.2, 0.25) is 0 Å². The second-order valence-corrected chi connectivity index (χ2v) is 6.89. The molecule has 3 nitrogen and oxygen atoms in total. The van der Waals surface area contributed by atoms with Crippen LogP contribution in [0.2, 0.25) is 0 Å². The lowest BCUT2D eigenvalue weighted by molar-refractivity contribution is 0.424. The first kappa shape index (κ1) is 17.2. The largest absolute Gasteiger partial charge is 0.353 e. The van der Waals surface area contributed by atoms with Crippen LogP contribution in [-0.4, -0.2) is 23.6 Å². The summed E-state index contributed by atoms with van der Waals surface area (Å²) in [7, 11) is 0. The first-order valence-corrected chi connectivity index (χ1v) is 7.92. The quantitative estimate of drug-likeness (QED) is 0.757. The predicted octanol–water partition coefficient (Wildman–Crippen LogP) is 4.13. The zero-order valence-corrected chi connectivity index (χ0v) is 14.6. The minimum absolute atomic E-state index is 0.0909. The van der Waals surface area contributed by atoms with E-state index in [1.54, 1.807) is 0 Å². The van der Waals surface area contributed by atoms with Gasteiger partial charge in [-0.05, 0) is 49.2 Å². The summed E-state index contributed by atoms with van der Waals surface area (Å²) in [5.41, 5.74) is 1.30. The standard InChI is InChI=1S/C16H26BrN3/c1-6-8-20(9-7-2)15-13(10-14(17)12-18-15)11-19-16(3,4)5/h6,10,12,19H,1,7-9,11H2,2-5H3. The van der Waals surface area contributed by atoms with E-state index in [-0.39, 0.29) is 5.54 Å². The van der Waals surface area contributed by atoms with Crippen LogP contribution in [0.5, 0.6) is 0 Å². The van der Waals surface area contributed by atoms with Gasteiger partial charge in [0.15, 0.2) is 0 Å². The molecule has 0 atom stereocenters. The molecule has 1 rings (SSSR count). The molecule has 0 spiro atoms. The van der Waals surface area contributed by atoms with Crippen molar-refractivity contribution in [3.63, 3.8) is 0 Å². The van der Waals surface area contributed by atoms with Gasteiger partial charge >= 0.3 is 0 Å². The number of pyridine rings is 1. The fraction of sp³-hybridized carbons (Fsp3) is 0.562. The van der Waals surface area contributed by atoms with Crippen LogP contribution >= 0.6 is 15.9 Å². The van der Waals surface area contributed by atoms with E-state index in [1.165, 1.54) is 5.56 Å². The lowest BCUT2D eigenvalue weighted by Gasteiger charge is -2.26. The Balaban J connectivity index is 3.01. The monoisotopic (exact) mass is 339 g/mol. The number of hydrogen-bond acceptors (Lipinski definition) is 3. The average molecular weight is 340 g/mol. The Labute approximate surface area is 131 Å². The van der Waals surface area contributed by atoms with Gasteiger partial charge < -0.3 is 10.2 Å². The van der Waals surface area contributed by atoms with Gasteiger partial charge in [-0.3, -0.25) is 0 Å². The maximum atomic E-state index is 4.61. The molecule has 4 heteroatoms. The molecule has 0 amide bonds. The Bertz CT molecular complexity index is 438. The Hall–Kier alpha value is -0.870. The predicted molar refractivity (Wildman–Crippen MR) is 91.2 cm³/mol. The molecule has 1 N–H and O–H groups in total. The number of nitrogens with one attached hydrogen (secondary N) is 1. The van der Waals surface area contributed by atoms with Crippen LogP contribution < -0.4 is 10.2 Å². The second-order valence-electron chi connectivity index (χ2n) is 5.97. The van der Waals surface area contributed by atoms with Gasteiger partial charge in [-0.25, -0.2) is 4.98 Å². The molecular formula is C16H26BrN3. The summed E-state index contributed by atoms with van der Waals surface area (Å²) in [6, 6.07) is 2.15. The van der Waals surface area contributed by atoms with E-state index < -0.39 is 0 Å². The zero-order valence-electron chi connectivity index (χ0n) is 13.0. The smallest absolute Gasteiger partial charge is 0.133 e. The van der Waals surface area contributed by atoms with E-state index >= 15 is 0 Å². The van der Waals surface area contributed by atoms with Crippen LogP contribution in [0.25, 0.3) is 0 Å². The summed E-state index contributed by atoms with van der Waals surface area (Å²) in [5.74, 6) is 1.05. The SMILES string of the molecule is C=CCN(CCC)c1ncc(Br)cc1CNC(C)(C)C. The Morgan fingerprint density at radius 1 is 1.45 bits per heavy atom. The van der Waals surface area contributed by atoms with Crippen molar-refractivity contribution >= 4 is 21.7 Å². The summed E-state index contributed by atoms with van der Waals surface area (Å²) in [5, 5.41) is 3.53. The molecule has 0 aliphatic rings. The molecule has 0 saturated heterocycles. The molecule has 1 aromatic rings. The number of hydrogen-bond donors (Lipinski definition) is 1. The highest BCUT2D eigenvalue weighted by Crippen LogP contribution is 2.22. The fourth-order valence-corrected chi connectivity index (χ4v) is 2.34. The van der Waals surface area contributed by atoms with Gasteiger partial charge in [-0.1, -0.05) is 13.0 Å². The molecule has 0 unspecified atom stereocenters. The topological polar surface area (TPSA) is 28.2 Å². The molecule has 0 aliphatic heterocycles. The van der Waals surface area contributed by atoms with Gasteiger partial charge in [0.1, 0.15) is 5.82 Å². The Morgan fingerprint density at radius 2 is 2.15 bits per heavy atom. The van der Waals surface area contributed by atoms with Crippen molar-refractivity contribution in [1.29, 1.82) is 0 Å². The minimum Gasteiger partial charge on any atom is -0.353 e. The van der Waals surface area contributed by atoms with E-state index in [0.29, 0.717) is 0 Å². The molecule has 112 valence electrons. The number of nitrogens with zero attached hydrogens (tertiary/aromatic N) is 2. The van der Waals surface area contributed by atoms with Crippen molar-refractivity contribution in [1.82, 2.24) is 10.3 Å². The van der Waals surface area contributed by atoms with Gasteiger partial charge in [-0.2, -0.15) is 0 Å². The highest BCUT2D eigenvalue weighted by Gasteiger charge is 2.15. The lowest BCUT2D eigenvalue weighted by atomic mass is 10.1. The third-order valence-corrected chi connectivity index (χ3v) is 3.29. The Kier molecular flexibility index (Phi) is 6.69. The number of rotatable bonds is 7. The van der Waals surface area contributed by atoms with Crippen LogP contribution in [0, 0.1) is 0 Å². The van der Waals surface area contributed by atoms with Crippen molar-refractivity contribution in [3.05, 3.63) is 35.0 Å². The van der Waals surface area contributed by atoms with E-state index in [1.807, 2.05) is 12.3 Å². The van der Waals surface area contributed by atoms with Crippen LogP contribution in [0.4, 0.5) is 5.82 Å². The molecule has 1 heterocycles. The average Bonchev–Trinajstić information content (AvgIpc) is 2.35. The highest BCUT2D eigenvalue weighted by atomic mass is 79.9. The van der Waals surface area contributed by atoms with Crippen molar-refractivity contribution < 1.29 is 0 Å². The maximum absolute atomic E-state index is 4.61. The molecule has 0 fully saturated rings. The summed E-state index contributed by atoms with van der Waals surface area (Å²) >= 11 is 3.51. The number of aromatic nitrogens is 1. The van der Waals surface area contributed by atoms with Gasteiger partial charge in [0, 0.05) is 41.4 Å². The maximum Gasteiger partial charge on any atom is 0.133 e. The molecule has 0 saturated carbocycles. The van der Waals surface area contributed by atoms with E-state index in [9.17, 15) is 0 Å². The summed E-state index contributed by atoms with van der Waals surface area (Å²) < 4.78 is 1.02. The van der Waals surface area contributed by atoms with Gasteiger partial charge in [0.05, 0.1) is 0 Å². The van der Waals surface area contributed by atoms with Gasteiger partial charge in [0.25, 0.3) is 0 Å².